The number of carbonyl (C=O) groups excluding carboxylic acids is 1. The maximum atomic E-state index is 12.2. The van der Waals surface area contributed by atoms with Gasteiger partial charge in [0.1, 0.15) is 0 Å². The van der Waals surface area contributed by atoms with Crippen LogP contribution in [0.15, 0.2) is 42.5 Å². The van der Waals surface area contributed by atoms with Gasteiger partial charge in [-0.05, 0) is 44.9 Å². The van der Waals surface area contributed by atoms with Gasteiger partial charge < -0.3 is 1.43 Å². The van der Waals surface area contributed by atoms with Gasteiger partial charge in [-0.25, -0.2) is 0 Å². The molecule has 0 aliphatic carbocycles. The molecule has 0 bridgehead atoms. The first kappa shape index (κ1) is 16.5. The van der Waals surface area contributed by atoms with Crippen molar-refractivity contribution in [3.63, 3.8) is 0 Å². The molecule has 2 aromatic carbocycles. The van der Waals surface area contributed by atoms with Gasteiger partial charge in [0.25, 0.3) is 0 Å². The quantitative estimate of drug-likeness (QED) is 0.612. The Morgan fingerprint density at radius 3 is 2.47 bits per heavy atom. The van der Waals surface area contributed by atoms with Crippen molar-refractivity contribution in [2.45, 2.75) is 13.8 Å². The second kappa shape index (κ2) is 7.27. The van der Waals surface area contributed by atoms with Crippen LogP contribution < -0.4 is 24.2 Å². The van der Waals surface area contributed by atoms with Gasteiger partial charge in [0.2, 0.25) is 0 Å². The third-order valence-corrected chi connectivity index (χ3v) is 4.44. The zero-order valence-electron chi connectivity index (χ0n) is 12.3. The molecule has 0 saturated heterocycles. The van der Waals surface area contributed by atoms with E-state index in [0.717, 1.165) is 22.0 Å². The van der Waals surface area contributed by atoms with Crippen molar-refractivity contribution in [1.82, 2.24) is 0 Å². The van der Waals surface area contributed by atoms with Crippen LogP contribution in [0.3, 0.4) is 0 Å². The topological polar surface area (TPSA) is 17.1 Å². The molecule has 4 heteroatoms. The molecule has 0 N–H and O–H groups in total. The molecular formula is C15H15ClLiOP. The normalized spacial score (nSPS) is 10.5. The van der Waals surface area contributed by atoms with E-state index in [1.165, 1.54) is 0 Å². The number of carbonyl (C=O) groups is 1. The van der Waals surface area contributed by atoms with Crippen LogP contribution in [0, 0.1) is 13.8 Å². The van der Waals surface area contributed by atoms with Crippen molar-refractivity contribution in [2.24, 2.45) is 0 Å². The molecule has 1 atom stereocenters. The molecule has 2 rings (SSSR count). The smallest absolute Gasteiger partial charge is 1.00 e. The first-order valence-corrected chi connectivity index (χ1v) is 7.09. The van der Waals surface area contributed by atoms with Crippen LogP contribution in [-0.4, -0.2) is 5.52 Å². The van der Waals surface area contributed by atoms with E-state index >= 15 is 0 Å². The molecule has 0 saturated carbocycles. The maximum Gasteiger partial charge on any atom is 1.00 e. The number of hydrogen-bond donors (Lipinski definition) is 0. The summed E-state index contributed by atoms with van der Waals surface area (Å²) < 4.78 is 0. The van der Waals surface area contributed by atoms with E-state index in [4.69, 9.17) is 11.6 Å². The van der Waals surface area contributed by atoms with Crippen LogP contribution in [0.2, 0.25) is 5.02 Å². The average Bonchev–Trinajstić information content (AvgIpc) is 2.33. The molecule has 2 aromatic rings. The summed E-state index contributed by atoms with van der Waals surface area (Å²) in [6.07, 6.45) is 0. The fraction of sp³-hybridized carbons (Fsp3) is 0.133. The summed E-state index contributed by atoms with van der Waals surface area (Å²) in [5, 5.41) is 1.59. The van der Waals surface area contributed by atoms with Crippen molar-refractivity contribution in [2.75, 3.05) is 0 Å². The van der Waals surface area contributed by atoms with Crippen LogP contribution in [0.25, 0.3) is 0 Å². The van der Waals surface area contributed by atoms with Crippen LogP contribution in [-0.2, 0) is 0 Å². The number of rotatable bonds is 3. The summed E-state index contributed by atoms with van der Waals surface area (Å²) in [5.74, 6) is 0. The summed E-state index contributed by atoms with van der Waals surface area (Å²) in [4.78, 5) is 12.2. The minimum absolute atomic E-state index is 0. The van der Waals surface area contributed by atoms with Crippen LogP contribution in [0.5, 0.6) is 0 Å². The molecule has 0 aliphatic heterocycles. The van der Waals surface area contributed by atoms with E-state index in [1.807, 2.05) is 56.3 Å². The van der Waals surface area contributed by atoms with Gasteiger partial charge in [-0.2, -0.15) is 0 Å². The zero-order valence-corrected chi connectivity index (χ0v) is 13.1. The number of aryl methyl sites for hydroxylation is 2. The fourth-order valence-corrected chi connectivity index (χ4v) is 3.13. The van der Waals surface area contributed by atoms with E-state index in [0.29, 0.717) is 5.02 Å². The van der Waals surface area contributed by atoms with Crippen molar-refractivity contribution in [3.05, 3.63) is 64.2 Å². The second-order valence-corrected chi connectivity index (χ2v) is 5.90. The van der Waals surface area contributed by atoms with E-state index < -0.39 is 0 Å². The zero-order chi connectivity index (χ0) is 13.1. The Hall–Kier alpha value is -0.573. The fourth-order valence-electron chi connectivity index (χ4n) is 1.74. The van der Waals surface area contributed by atoms with Gasteiger partial charge >= 0.3 is 18.9 Å². The van der Waals surface area contributed by atoms with Gasteiger partial charge in [-0.3, -0.25) is 4.79 Å². The molecule has 94 valence electrons. The van der Waals surface area contributed by atoms with Crippen LogP contribution in [0.1, 0.15) is 22.9 Å². The van der Waals surface area contributed by atoms with E-state index in [9.17, 15) is 4.79 Å². The largest absolute Gasteiger partial charge is 1.00 e. The van der Waals surface area contributed by atoms with Gasteiger partial charge in [-0.15, -0.1) is 0 Å². The Labute approximate surface area is 134 Å². The Morgan fingerprint density at radius 1 is 1.16 bits per heavy atom. The summed E-state index contributed by atoms with van der Waals surface area (Å²) in [6.45, 7) is 3.94. The molecule has 0 heterocycles. The predicted octanol–water partition coefficient (Wildman–Crippen LogP) is 1.22. The molecule has 0 radical (unpaired) electrons. The van der Waals surface area contributed by atoms with Crippen LogP contribution >= 0.6 is 20.2 Å². The molecular weight excluding hydrogens is 270 g/mol. The van der Waals surface area contributed by atoms with Crippen molar-refractivity contribution in [3.8, 4) is 0 Å². The summed E-state index contributed by atoms with van der Waals surface area (Å²) in [5.41, 5.74) is 3.04. The molecule has 0 spiro atoms. The summed E-state index contributed by atoms with van der Waals surface area (Å²) >= 11 is 6.16. The van der Waals surface area contributed by atoms with Crippen molar-refractivity contribution >= 4 is 31.0 Å². The minimum atomic E-state index is 0. The summed E-state index contributed by atoms with van der Waals surface area (Å²) in [6, 6.07) is 13.5. The standard InChI is InChI=1S/C15H14ClOP.Li.H/c1-10-7-8-14(13(16)9-10)18-15(17)12-6-4-3-5-11(12)2;;/h3-9,18H,1-2H3;;/q;+1;-1. The molecule has 1 nitrogen and oxygen atoms in total. The van der Waals surface area contributed by atoms with Crippen molar-refractivity contribution < 1.29 is 25.1 Å². The van der Waals surface area contributed by atoms with Gasteiger partial charge in [-0.1, -0.05) is 48.0 Å². The predicted molar refractivity (Wildman–Crippen MR) is 80.8 cm³/mol. The van der Waals surface area contributed by atoms with Crippen molar-refractivity contribution in [1.29, 1.82) is 0 Å². The Kier molecular flexibility index (Phi) is 6.31. The Morgan fingerprint density at radius 2 is 1.84 bits per heavy atom. The van der Waals surface area contributed by atoms with E-state index in [-0.39, 0.29) is 34.4 Å². The molecule has 0 aromatic heterocycles. The molecule has 19 heavy (non-hydrogen) atoms. The second-order valence-electron chi connectivity index (χ2n) is 4.25. The summed E-state index contributed by atoms with van der Waals surface area (Å²) in [7, 11) is 0.0764. The first-order chi connectivity index (χ1) is 8.58. The first-order valence-electron chi connectivity index (χ1n) is 5.71. The van der Waals surface area contributed by atoms with Gasteiger partial charge in [0, 0.05) is 10.6 Å². The maximum absolute atomic E-state index is 12.2. The average molecular weight is 285 g/mol. The third kappa shape index (κ3) is 4.20. The third-order valence-electron chi connectivity index (χ3n) is 2.76. The Balaban J connectivity index is 0.00000180. The monoisotopic (exact) mass is 284 g/mol. The van der Waals surface area contributed by atoms with Gasteiger partial charge in [0.05, 0.1) is 0 Å². The Bertz CT molecular complexity index is 604. The molecule has 1 unspecified atom stereocenters. The van der Waals surface area contributed by atoms with Crippen LogP contribution in [0.4, 0.5) is 0 Å². The molecule has 0 fully saturated rings. The number of halogens is 1. The van der Waals surface area contributed by atoms with E-state index in [2.05, 4.69) is 0 Å². The number of hydrogen-bond acceptors (Lipinski definition) is 1. The van der Waals surface area contributed by atoms with Gasteiger partial charge in [0.15, 0.2) is 5.52 Å². The van der Waals surface area contributed by atoms with E-state index in [1.54, 1.807) is 0 Å². The SMILES string of the molecule is Cc1ccc(PC(=O)c2ccccc2C)c(Cl)c1.[H-].[Li+]. The molecule has 0 aliphatic rings. The number of benzene rings is 2. The minimum Gasteiger partial charge on any atom is -1.00 e. The molecule has 0 amide bonds.